The van der Waals surface area contributed by atoms with Gasteiger partial charge in [-0.15, -0.1) is 0 Å². The highest BCUT2D eigenvalue weighted by Gasteiger charge is 2.15. The van der Waals surface area contributed by atoms with Crippen LogP contribution in [0.1, 0.15) is 12.8 Å². The van der Waals surface area contributed by atoms with Gasteiger partial charge in [-0.2, -0.15) is 0 Å². The molecule has 15 heavy (non-hydrogen) atoms. The second kappa shape index (κ2) is 6.43. The van der Waals surface area contributed by atoms with Crippen LogP contribution in [-0.4, -0.2) is 52.1 Å². The second-order valence-electron chi connectivity index (χ2n) is 4.44. The molecule has 0 aromatic carbocycles. The number of rotatable bonds is 4. The molecule has 0 aliphatic carbocycles. The van der Waals surface area contributed by atoms with Gasteiger partial charge in [0.2, 0.25) is 0 Å². The van der Waals surface area contributed by atoms with Crippen molar-refractivity contribution >= 4 is 0 Å². The van der Waals surface area contributed by atoms with Crippen molar-refractivity contribution in [3.8, 4) is 0 Å². The summed E-state index contributed by atoms with van der Waals surface area (Å²) in [6.45, 7) is 6.73. The fourth-order valence-electron chi connectivity index (χ4n) is 2.16. The lowest BCUT2D eigenvalue weighted by Gasteiger charge is -2.26. The molecule has 0 spiro atoms. The maximum atomic E-state index is 5.40. The Balaban J connectivity index is 1.53. The lowest BCUT2D eigenvalue weighted by atomic mass is 10.0. The Kier molecular flexibility index (Phi) is 4.86. The Morgan fingerprint density at radius 3 is 2.67 bits per heavy atom. The molecule has 4 heteroatoms. The second-order valence-corrected chi connectivity index (χ2v) is 4.44. The summed E-state index contributed by atoms with van der Waals surface area (Å²) >= 11 is 0. The van der Waals surface area contributed by atoms with Crippen molar-refractivity contribution in [3.05, 3.63) is 0 Å². The molecule has 2 N–H and O–H groups in total. The van der Waals surface area contributed by atoms with Gasteiger partial charge in [-0.1, -0.05) is 0 Å². The predicted octanol–water partition coefficient (Wildman–Crippen LogP) is -0.00900. The third-order valence-electron chi connectivity index (χ3n) is 3.16. The van der Waals surface area contributed by atoms with Gasteiger partial charge in [0.15, 0.2) is 0 Å². The maximum absolute atomic E-state index is 5.40. The van der Waals surface area contributed by atoms with Crippen LogP contribution in [0.15, 0.2) is 0 Å². The van der Waals surface area contributed by atoms with Crippen molar-refractivity contribution in [2.24, 2.45) is 5.92 Å². The van der Waals surface area contributed by atoms with E-state index in [1.165, 1.54) is 12.8 Å². The standard InChI is InChI=1S/C11H22N2O2/c1-4-14-5-2-10(1)7-12-8-11-9-15-6-3-13-11/h10-13H,1-9H2. The summed E-state index contributed by atoms with van der Waals surface area (Å²) in [6, 6.07) is 0.499. The number of ether oxygens (including phenoxy) is 2. The van der Waals surface area contributed by atoms with Crippen molar-refractivity contribution in [1.82, 2.24) is 10.6 Å². The maximum Gasteiger partial charge on any atom is 0.0632 e. The average molecular weight is 214 g/mol. The van der Waals surface area contributed by atoms with Crippen LogP contribution in [-0.2, 0) is 9.47 Å². The molecule has 2 fully saturated rings. The summed E-state index contributed by atoms with van der Waals surface area (Å²) < 4.78 is 10.7. The zero-order valence-electron chi connectivity index (χ0n) is 9.34. The molecular formula is C11H22N2O2. The molecule has 88 valence electrons. The first-order valence-corrected chi connectivity index (χ1v) is 6.05. The normalized spacial score (nSPS) is 29.2. The number of morpholine rings is 1. The summed E-state index contributed by atoms with van der Waals surface area (Å²) in [5.74, 6) is 0.809. The predicted molar refractivity (Wildman–Crippen MR) is 59.0 cm³/mol. The molecular weight excluding hydrogens is 192 g/mol. The Morgan fingerprint density at radius 1 is 1.07 bits per heavy atom. The van der Waals surface area contributed by atoms with Crippen molar-refractivity contribution in [2.75, 3.05) is 46.1 Å². The average Bonchev–Trinajstić information content (AvgIpc) is 2.32. The monoisotopic (exact) mass is 214 g/mol. The molecule has 0 amide bonds. The van der Waals surface area contributed by atoms with Crippen LogP contribution in [0.2, 0.25) is 0 Å². The molecule has 2 aliphatic heterocycles. The molecule has 0 aromatic heterocycles. The Labute approximate surface area is 91.7 Å². The largest absolute Gasteiger partial charge is 0.381 e. The van der Waals surface area contributed by atoms with Gasteiger partial charge < -0.3 is 20.1 Å². The van der Waals surface area contributed by atoms with E-state index in [-0.39, 0.29) is 0 Å². The van der Waals surface area contributed by atoms with Crippen LogP contribution in [0.4, 0.5) is 0 Å². The fourth-order valence-corrected chi connectivity index (χ4v) is 2.16. The van der Waals surface area contributed by atoms with Crippen molar-refractivity contribution in [1.29, 1.82) is 0 Å². The van der Waals surface area contributed by atoms with Crippen LogP contribution in [0.25, 0.3) is 0 Å². The van der Waals surface area contributed by atoms with E-state index >= 15 is 0 Å². The molecule has 0 aromatic rings. The van der Waals surface area contributed by atoms with Crippen LogP contribution in [0.3, 0.4) is 0 Å². The summed E-state index contributed by atoms with van der Waals surface area (Å²) in [5, 5.41) is 6.97. The van der Waals surface area contributed by atoms with Gasteiger partial charge in [0.1, 0.15) is 0 Å². The highest BCUT2D eigenvalue weighted by molar-refractivity contribution is 4.74. The van der Waals surface area contributed by atoms with Crippen LogP contribution < -0.4 is 10.6 Å². The Bertz CT molecular complexity index is 148. The SMILES string of the molecule is C1COCC(CNCC2CCOCC2)N1. The van der Waals surface area contributed by atoms with Gasteiger partial charge in [0.05, 0.1) is 13.2 Å². The molecule has 2 rings (SSSR count). The molecule has 2 heterocycles. The molecule has 0 bridgehead atoms. The molecule has 0 radical (unpaired) electrons. The van der Waals surface area contributed by atoms with Crippen molar-refractivity contribution in [3.63, 3.8) is 0 Å². The molecule has 4 nitrogen and oxygen atoms in total. The topological polar surface area (TPSA) is 42.5 Å². The number of hydrogen-bond acceptors (Lipinski definition) is 4. The van der Waals surface area contributed by atoms with Crippen LogP contribution >= 0.6 is 0 Å². The highest BCUT2D eigenvalue weighted by Crippen LogP contribution is 2.12. The van der Waals surface area contributed by atoms with Gasteiger partial charge in [-0.25, -0.2) is 0 Å². The summed E-state index contributed by atoms with van der Waals surface area (Å²) in [5.41, 5.74) is 0. The minimum absolute atomic E-state index is 0.499. The van der Waals surface area contributed by atoms with Gasteiger partial charge in [0, 0.05) is 32.3 Å². The summed E-state index contributed by atoms with van der Waals surface area (Å²) in [6.07, 6.45) is 2.42. The highest BCUT2D eigenvalue weighted by atomic mass is 16.5. The quantitative estimate of drug-likeness (QED) is 0.691. The van der Waals surface area contributed by atoms with E-state index in [0.717, 1.165) is 52.0 Å². The van der Waals surface area contributed by atoms with Gasteiger partial charge in [-0.3, -0.25) is 0 Å². The molecule has 1 unspecified atom stereocenters. The first-order valence-electron chi connectivity index (χ1n) is 6.05. The van der Waals surface area contributed by atoms with Gasteiger partial charge in [0.25, 0.3) is 0 Å². The lowest BCUT2D eigenvalue weighted by Crippen LogP contribution is -2.48. The lowest BCUT2D eigenvalue weighted by molar-refractivity contribution is 0.0622. The van der Waals surface area contributed by atoms with Gasteiger partial charge >= 0.3 is 0 Å². The third kappa shape index (κ3) is 4.07. The smallest absolute Gasteiger partial charge is 0.0632 e. The fraction of sp³-hybridized carbons (Fsp3) is 1.00. The Hall–Kier alpha value is -0.160. The van der Waals surface area contributed by atoms with E-state index in [1.54, 1.807) is 0 Å². The molecule has 0 saturated carbocycles. The van der Waals surface area contributed by atoms with E-state index < -0.39 is 0 Å². The molecule has 2 aliphatic rings. The minimum atomic E-state index is 0.499. The third-order valence-corrected chi connectivity index (χ3v) is 3.16. The first-order chi connectivity index (χ1) is 7.45. The number of hydrogen-bond donors (Lipinski definition) is 2. The van der Waals surface area contributed by atoms with Gasteiger partial charge in [-0.05, 0) is 25.3 Å². The zero-order chi connectivity index (χ0) is 10.3. The van der Waals surface area contributed by atoms with E-state index in [1.807, 2.05) is 0 Å². The van der Waals surface area contributed by atoms with Crippen LogP contribution in [0.5, 0.6) is 0 Å². The molecule has 1 atom stereocenters. The molecule has 2 saturated heterocycles. The number of nitrogens with one attached hydrogen (secondary N) is 2. The zero-order valence-corrected chi connectivity index (χ0v) is 9.34. The van der Waals surface area contributed by atoms with E-state index in [9.17, 15) is 0 Å². The first kappa shape index (κ1) is 11.3. The summed E-state index contributed by atoms with van der Waals surface area (Å²) in [7, 11) is 0. The van der Waals surface area contributed by atoms with Crippen molar-refractivity contribution in [2.45, 2.75) is 18.9 Å². The summed E-state index contributed by atoms with van der Waals surface area (Å²) in [4.78, 5) is 0. The minimum Gasteiger partial charge on any atom is -0.381 e. The van der Waals surface area contributed by atoms with E-state index in [0.29, 0.717) is 6.04 Å². The Morgan fingerprint density at radius 2 is 1.93 bits per heavy atom. The van der Waals surface area contributed by atoms with E-state index in [4.69, 9.17) is 9.47 Å². The van der Waals surface area contributed by atoms with Crippen molar-refractivity contribution < 1.29 is 9.47 Å². The van der Waals surface area contributed by atoms with E-state index in [2.05, 4.69) is 10.6 Å². The van der Waals surface area contributed by atoms with Crippen LogP contribution in [0, 0.1) is 5.92 Å².